The molecule has 1 N–H and O–H groups in total. The third kappa shape index (κ3) is 6.96. The van der Waals surface area contributed by atoms with Crippen molar-refractivity contribution >= 4 is 37.5 Å². The van der Waals surface area contributed by atoms with Gasteiger partial charge in [-0.3, -0.25) is 14.0 Å². The van der Waals surface area contributed by atoms with Gasteiger partial charge >= 0.3 is 0 Å². The average molecular weight is 571 g/mol. The molecule has 0 spiro atoms. The third-order valence-corrected chi connectivity index (χ3v) is 8.66. The minimum absolute atomic E-state index is 0.147. The molecule has 3 aromatic carbocycles. The zero-order valence-corrected chi connectivity index (χ0v) is 22.9. The summed E-state index contributed by atoms with van der Waals surface area (Å²) in [4.78, 5) is 15.6. The quantitative estimate of drug-likeness (QED) is 0.382. The Labute approximate surface area is 222 Å². The number of rotatable bonds is 9. The lowest BCUT2D eigenvalue weighted by molar-refractivity contribution is -0.119. The molecule has 8 heteroatoms. The number of hydrogen-bond acceptors (Lipinski definition) is 4. The number of nitrogens with one attached hydrogen (secondary N) is 1. The number of carbonyl (C=O) groups is 1. The number of hydrogen-bond donors (Lipinski definition) is 1. The average Bonchev–Trinajstić information content (AvgIpc) is 2.88. The van der Waals surface area contributed by atoms with E-state index in [2.05, 4.69) is 38.3 Å². The number of benzene rings is 3. The molecule has 0 unspecified atom stereocenters. The molecular formula is C28H32BrN3O3S. The summed E-state index contributed by atoms with van der Waals surface area (Å²) >= 11 is 3.39. The summed E-state index contributed by atoms with van der Waals surface area (Å²) in [5.41, 5.74) is 3.61. The molecule has 0 aromatic heterocycles. The number of carbonyl (C=O) groups excluding carboxylic acids is 1. The minimum atomic E-state index is -3.93. The van der Waals surface area contributed by atoms with Gasteiger partial charge in [0.1, 0.15) is 6.54 Å². The van der Waals surface area contributed by atoms with Crippen LogP contribution in [-0.2, 0) is 27.9 Å². The Morgan fingerprint density at radius 3 is 2.31 bits per heavy atom. The van der Waals surface area contributed by atoms with E-state index in [4.69, 9.17) is 0 Å². The van der Waals surface area contributed by atoms with Crippen LogP contribution in [0.1, 0.15) is 36.0 Å². The van der Waals surface area contributed by atoms with E-state index in [1.165, 1.54) is 24.8 Å². The van der Waals surface area contributed by atoms with Gasteiger partial charge in [-0.15, -0.1) is 0 Å². The first-order valence-electron chi connectivity index (χ1n) is 12.2. The molecule has 6 nitrogen and oxygen atoms in total. The molecule has 1 aliphatic heterocycles. The first-order chi connectivity index (χ1) is 17.3. The zero-order chi connectivity index (χ0) is 25.5. The Kier molecular flexibility index (Phi) is 8.82. The molecule has 36 heavy (non-hydrogen) atoms. The Morgan fingerprint density at radius 1 is 0.944 bits per heavy atom. The second-order valence-corrected chi connectivity index (χ2v) is 12.0. The van der Waals surface area contributed by atoms with Gasteiger partial charge in [0.05, 0.1) is 10.6 Å². The lowest BCUT2D eigenvalue weighted by atomic mass is 10.1. The molecule has 190 valence electrons. The van der Waals surface area contributed by atoms with Gasteiger partial charge < -0.3 is 5.32 Å². The molecule has 0 aliphatic carbocycles. The van der Waals surface area contributed by atoms with Crippen LogP contribution in [0.25, 0.3) is 0 Å². The maximum absolute atomic E-state index is 13.5. The van der Waals surface area contributed by atoms with Crippen LogP contribution in [0.4, 0.5) is 5.69 Å². The summed E-state index contributed by atoms with van der Waals surface area (Å²) < 4.78 is 29.0. The van der Waals surface area contributed by atoms with Crippen LogP contribution in [-0.4, -0.2) is 38.9 Å². The normalized spacial score (nSPS) is 14.4. The number of aryl methyl sites for hydroxylation is 1. The van der Waals surface area contributed by atoms with Crippen LogP contribution in [0.2, 0.25) is 0 Å². The first kappa shape index (κ1) is 26.4. The van der Waals surface area contributed by atoms with Crippen LogP contribution >= 0.6 is 15.9 Å². The smallest absolute Gasteiger partial charge is 0.264 e. The van der Waals surface area contributed by atoms with Crippen LogP contribution in [0.5, 0.6) is 0 Å². The second kappa shape index (κ2) is 12.0. The topological polar surface area (TPSA) is 69.7 Å². The molecule has 3 aromatic rings. The maximum Gasteiger partial charge on any atom is 0.264 e. The summed E-state index contributed by atoms with van der Waals surface area (Å²) in [5, 5.41) is 2.91. The lowest BCUT2D eigenvalue weighted by Gasteiger charge is -2.26. The van der Waals surface area contributed by atoms with E-state index < -0.39 is 10.0 Å². The predicted octanol–water partition coefficient (Wildman–Crippen LogP) is 5.26. The molecule has 0 radical (unpaired) electrons. The van der Waals surface area contributed by atoms with Gasteiger partial charge in [-0.25, -0.2) is 8.42 Å². The molecule has 0 saturated carbocycles. The van der Waals surface area contributed by atoms with E-state index in [0.29, 0.717) is 12.2 Å². The predicted molar refractivity (Wildman–Crippen MR) is 147 cm³/mol. The Hall–Kier alpha value is -2.68. The van der Waals surface area contributed by atoms with Crippen molar-refractivity contribution in [1.29, 1.82) is 0 Å². The van der Waals surface area contributed by atoms with E-state index in [1.807, 2.05) is 19.1 Å². The zero-order valence-electron chi connectivity index (χ0n) is 20.5. The van der Waals surface area contributed by atoms with Gasteiger partial charge in [0.15, 0.2) is 0 Å². The summed E-state index contributed by atoms with van der Waals surface area (Å²) in [5.74, 6) is -0.366. The van der Waals surface area contributed by atoms with Gasteiger partial charge in [-0.1, -0.05) is 64.3 Å². The van der Waals surface area contributed by atoms with Crippen molar-refractivity contribution in [3.05, 3.63) is 94.0 Å². The molecule has 1 amide bonds. The fourth-order valence-electron chi connectivity index (χ4n) is 4.36. The van der Waals surface area contributed by atoms with Crippen molar-refractivity contribution in [1.82, 2.24) is 10.2 Å². The van der Waals surface area contributed by atoms with E-state index >= 15 is 0 Å². The van der Waals surface area contributed by atoms with Crippen molar-refractivity contribution in [2.24, 2.45) is 0 Å². The van der Waals surface area contributed by atoms with Gasteiger partial charge in [0, 0.05) is 17.6 Å². The van der Waals surface area contributed by atoms with Crippen molar-refractivity contribution in [2.75, 3.05) is 23.9 Å². The number of piperidine rings is 1. The molecule has 0 bridgehead atoms. The van der Waals surface area contributed by atoms with Crippen molar-refractivity contribution in [3.63, 3.8) is 0 Å². The Morgan fingerprint density at radius 2 is 1.61 bits per heavy atom. The number of nitrogens with zero attached hydrogens (tertiary/aromatic N) is 2. The summed E-state index contributed by atoms with van der Waals surface area (Å²) in [6, 6.07) is 21.8. The third-order valence-electron chi connectivity index (χ3n) is 6.35. The van der Waals surface area contributed by atoms with Crippen LogP contribution in [0.15, 0.2) is 82.2 Å². The maximum atomic E-state index is 13.5. The SMILES string of the molecule is Cc1ccc(S(=O)(=O)N(CC(=O)NCc2cccc(CN3CCCCC3)c2)c2ccc(Br)cc2)cc1. The van der Waals surface area contributed by atoms with Crippen molar-refractivity contribution in [2.45, 2.75) is 44.2 Å². The Bertz CT molecular complexity index is 1270. The van der Waals surface area contributed by atoms with E-state index in [9.17, 15) is 13.2 Å². The largest absolute Gasteiger partial charge is 0.350 e. The van der Waals surface area contributed by atoms with Crippen molar-refractivity contribution < 1.29 is 13.2 Å². The first-order valence-corrected chi connectivity index (χ1v) is 14.5. The standard InChI is InChI=1S/C28H32BrN3O3S/c1-22-8-14-27(15-9-22)36(34,35)32(26-12-10-25(29)11-13-26)21-28(33)30-19-23-6-5-7-24(18-23)20-31-16-3-2-4-17-31/h5-15,18H,2-4,16-17,19-21H2,1H3,(H,30,33). The molecule has 1 heterocycles. The number of anilines is 1. The second-order valence-electron chi connectivity index (χ2n) is 9.23. The highest BCUT2D eigenvalue weighted by atomic mass is 79.9. The van der Waals surface area contributed by atoms with Gasteiger partial charge in [0.2, 0.25) is 5.91 Å². The number of likely N-dealkylation sites (tertiary alicyclic amines) is 1. The highest BCUT2D eigenvalue weighted by molar-refractivity contribution is 9.10. The highest BCUT2D eigenvalue weighted by Gasteiger charge is 2.27. The summed E-state index contributed by atoms with van der Waals surface area (Å²) in [6.45, 7) is 5.09. The Balaban J connectivity index is 1.46. The summed E-state index contributed by atoms with van der Waals surface area (Å²) in [7, 11) is -3.93. The van der Waals surface area contributed by atoms with E-state index in [-0.39, 0.29) is 17.3 Å². The fraction of sp³-hybridized carbons (Fsp3) is 0.321. The minimum Gasteiger partial charge on any atom is -0.350 e. The lowest BCUT2D eigenvalue weighted by Crippen LogP contribution is -2.40. The molecular weight excluding hydrogens is 538 g/mol. The van der Waals surface area contributed by atoms with Gasteiger partial charge in [0.25, 0.3) is 10.0 Å². The van der Waals surface area contributed by atoms with Gasteiger partial charge in [-0.2, -0.15) is 0 Å². The van der Waals surface area contributed by atoms with Crippen LogP contribution < -0.4 is 9.62 Å². The molecule has 1 fully saturated rings. The van der Waals surface area contributed by atoms with E-state index in [1.54, 1.807) is 48.5 Å². The van der Waals surface area contributed by atoms with E-state index in [0.717, 1.165) is 39.5 Å². The summed E-state index contributed by atoms with van der Waals surface area (Å²) in [6.07, 6.45) is 3.80. The fourth-order valence-corrected chi connectivity index (χ4v) is 6.05. The number of sulfonamides is 1. The molecule has 1 saturated heterocycles. The number of halogens is 1. The molecule has 1 aliphatic rings. The monoisotopic (exact) mass is 569 g/mol. The number of amides is 1. The molecule has 4 rings (SSSR count). The van der Waals surface area contributed by atoms with Crippen molar-refractivity contribution in [3.8, 4) is 0 Å². The van der Waals surface area contributed by atoms with Crippen LogP contribution in [0, 0.1) is 6.92 Å². The highest BCUT2D eigenvalue weighted by Crippen LogP contribution is 2.25. The van der Waals surface area contributed by atoms with Gasteiger partial charge in [-0.05, 0) is 80.4 Å². The molecule has 0 atom stereocenters. The van der Waals surface area contributed by atoms with Crippen LogP contribution in [0.3, 0.4) is 0 Å².